The topological polar surface area (TPSA) is 41.9 Å². The molecule has 0 radical (unpaired) electrons. The van der Waals surface area contributed by atoms with E-state index in [2.05, 4.69) is 24.0 Å². The van der Waals surface area contributed by atoms with Crippen molar-refractivity contribution < 1.29 is 14.6 Å². The fourth-order valence-electron chi connectivity index (χ4n) is 3.31. The first-order chi connectivity index (χ1) is 11.0. The van der Waals surface area contributed by atoms with Crippen LogP contribution in [-0.2, 0) is 6.42 Å². The molecular weight excluding hydrogens is 290 g/mol. The van der Waals surface area contributed by atoms with Gasteiger partial charge in [0.05, 0.1) is 19.3 Å². The summed E-state index contributed by atoms with van der Waals surface area (Å²) in [6, 6.07) is 6.11. The molecule has 1 aromatic rings. The van der Waals surface area contributed by atoms with E-state index in [1.54, 1.807) is 7.11 Å². The zero-order chi connectivity index (χ0) is 16.8. The van der Waals surface area contributed by atoms with Gasteiger partial charge < -0.3 is 19.5 Å². The van der Waals surface area contributed by atoms with Gasteiger partial charge in [-0.3, -0.25) is 0 Å². The zero-order valence-corrected chi connectivity index (χ0v) is 14.9. The average molecular weight is 321 g/mol. The smallest absolute Gasteiger partial charge is 0.161 e. The first-order valence-electron chi connectivity index (χ1n) is 8.77. The Balaban J connectivity index is 2.08. The van der Waals surface area contributed by atoms with Crippen LogP contribution in [0.2, 0.25) is 0 Å². The Labute approximate surface area is 140 Å². The minimum absolute atomic E-state index is 0.111. The minimum atomic E-state index is -0.209. The second-order valence-electron chi connectivity index (χ2n) is 6.77. The van der Waals surface area contributed by atoms with Crippen LogP contribution in [-0.4, -0.2) is 49.0 Å². The van der Waals surface area contributed by atoms with Crippen molar-refractivity contribution in [3.8, 4) is 11.5 Å². The predicted octanol–water partition coefficient (Wildman–Crippen LogP) is 3.12. The second-order valence-corrected chi connectivity index (χ2v) is 6.77. The third kappa shape index (κ3) is 5.11. The van der Waals surface area contributed by atoms with Crippen LogP contribution in [0.25, 0.3) is 0 Å². The average Bonchev–Trinajstić information content (AvgIpc) is 2.51. The summed E-state index contributed by atoms with van der Waals surface area (Å²) < 4.78 is 11.2. The van der Waals surface area contributed by atoms with E-state index in [0.29, 0.717) is 0 Å². The van der Waals surface area contributed by atoms with Crippen LogP contribution in [0, 0.1) is 5.92 Å². The van der Waals surface area contributed by atoms with E-state index >= 15 is 0 Å². The van der Waals surface area contributed by atoms with Gasteiger partial charge in [-0.15, -0.1) is 0 Å². The monoisotopic (exact) mass is 321 g/mol. The van der Waals surface area contributed by atoms with Crippen molar-refractivity contribution in [2.45, 2.75) is 52.2 Å². The third-order valence-electron chi connectivity index (χ3n) is 4.41. The maximum Gasteiger partial charge on any atom is 0.161 e. The van der Waals surface area contributed by atoms with Crippen LogP contribution in [0.4, 0.5) is 0 Å². The van der Waals surface area contributed by atoms with Gasteiger partial charge in [0.2, 0.25) is 0 Å². The van der Waals surface area contributed by atoms with Crippen molar-refractivity contribution in [2.75, 3.05) is 26.7 Å². The largest absolute Gasteiger partial charge is 0.493 e. The highest BCUT2D eigenvalue weighted by molar-refractivity contribution is 5.43. The maximum atomic E-state index is 10.3. The molecule has 1 aliphatic heterocycles. The summed E-state index contributed by atoms with van der Waals surface area (Å²) in [6.07, 6.45) is 2.81. The molecule has 0 aromatic heterocycles. The molecule has 0 spiro atoms. The minimum Gasteiger partial charge on any atom is -0.493 e. The number of methoxy groups -OCH3 is 1. The Morgan fingerprint density at radius 3 is 2.74 bits per heavy atom. The maximum absolute atomic E-state index is 10.3. The van der Waals surface area contributed by atoms with Crippen molar-refractivity contribution in [1.82, 2.24) is 4.90 Å². The molecule has 23 heavy (non-hydrogen) atoms. The lowest BCUT2D eigenvalue weighted by Crippen LogP contribution is -2.44. The van der Waals surface area contributed by atoms with Crippen LogP contribution in [0.1, 0.15) is 39.2 Å². The predicted molar refractivity (Wildman–Crippen MR) is 93.3 cm³/mol. The van der Waals surface area contributed by atoms with Crippen molar-refractivity contribution >= 4 is 0 Å². The molecule has 2 unspecified atom stereocenters. The fraction of sp³-hybridized carbons (Fsp3) is 0.684. The number of likely N-dealkylation sites (tertiary alicyclic amines) is 1. The Morgan fingerprint density at radius 2 is 2.09 bits per heavy atom. The van der Waals surface area contributed by atoms with Gasteiger partial charge in [-0.25, -0.2) is 0 Å². The second kappa shape index (κ2) is 8.55. The van der Waals surface area contributed by atoms with E-state index in [1.807, 2.05) is 19.9 Å². The lowest BCUT2D eigenvalue weighted by Gasteiger charge is -2.36. The molecule has 2 rings (SSSR count). The van der Waals surface area contributed by atoms with Gasteiger partial charge >= 0.3 is 0 Å². The lowest BCUT2D eigenvalue weighted by atomic mass is 9.88. The van der Waals surface area contributed by atoms with Gasteiger partial charge in [0.15, 0.2) is 11.5 Å². The number of hydrogen-bond acceptors (Lipinski definition) is 4. The number of hydrogen-bond donors (Lipinski definition) is 1. The number of ether oxygens (including phenoxy) is 2. The fourth-order valence-corrected chi connectivity index (χ4v) is 3.31. The number of benzene rings is 1. The van der Waals surface area contributed by atoms with Gasteiger partial charge in [-0.1, -0.05) is 13.0 Å². The summed E-state index contributed by atoms with van der Waals surface area (Å²) in [5.41, 5.74) is 1.20. The van der Waals surface area contributed by atoms with Crippen molar-refractivity contribution in [1.29, 1.82) is 0 Å². The van der Waals surface area contributed by atoms with Crippen LogP contribution in [0.15, 0.2) is 18.2 Å². The molecule has 0 amide bonds. The molecule has 1 N–H and O–H groups in total. The summed E-state index contributed by atoms with van der Waals surface area (Å²) in [5, 5.41) is 10.3. The zero-order valence-electron chi connectivity index (χ0n) is 14.9. The Morgan fingerprint density at radius 1 is 1.30 bits per heavy atom. The number of rotatable bonds is 7. The molecule has 4 heteroatoms. The summed E-state index contributed by atoms with van der Waals surface area (Å²) in [5.74, 6) is 1.84. The molecule has 0 aliphatic carbocycles. The van der Waals surface area contributed by atoms with Crippen molar-refractivity contribution in [3.05, 3.63) is 23.8 Å². The van der Waals surface area contributed by atoms with E-state index in [4.69, 9.17) is 9.47 Å². The molecule has 1 saturated heterocycles. The molecule has 4 nitrogen and oxygen atoms in total. The summed E-state index contributed by atoms with van der Waals surface area (Å²) in [7, 11) is 1.66. The molecule has 130 valence electrons. The molecular formula is C19H31NO3. The summed E-state index contributed by atoms with van der Waals surface area (Å²) in [6.45, 7) is 9.34. The first-order valence-corrected chi connectivity index (χ1v) is 8.77. The quantitative estimate of drug-likeness (QED) is 0.838. The highest BCUT2D eigenvalue weighted by atomic mass is 16.5. The normalized spacial score (nSPS) is 22.3. The number of aliphatic hydroxyl groups excluding tert-OH is 1. The molecule has 1 aliphatic rings. The Kier molecular flexibility index (Phi) is 6.72. The highest BCUT2D eigenvalue weighted by Gasteiger charge is 2.27. The van der Waals surface area contributed by atoms with Gasteiger partial charge in [-0.05, 0) is 57.4 Å². The van der Waals surface area contributed by atoms with E-state index in [-0.39, 0.29) is 18.1 Å². The SMILES string of the molecule is CCCN1CCC(O)C(Cc2ccc(OC)c(OC(C)C)c2)C1. The Hall–Kier alpha value is -1.26. The van der Waals surface area contributed by atoms with E-state index in [1.165, 1.54) is 5.56 Å². The standard InChI is InChI=1S/C19H31NO3/c1-5-9-20-10-8-17(21)16(13-20)11-15-6-7-18(22-4)19(12-15)23-14(2)3/h6-7,12,14,16-17,21H,5,8-11,13H2,1-4H3. The molecule has 1 aromatic carbocycles. The molecule has 1 fully saturated rings. The van der Waals surface area contributed by atoms with E-state index in [9.17, 15) is 5.11 Å². The van der Waals surface area contributed by atoms with Crippen LogP contribution >= 0.6 is 0 Å². The molecule has 2 atom stereocenters. The van der Waals surface area contributed by atoms with Gasteiger partial charge in [0, 0.05) is 19.0 Å². The first kappa shape index (κ1) is 18.1. The lowest BCUT2D eigenvalue weighted by molar-refractivity contribution is 0.0270. The summed E-state index contributed by atoms with van der Waals surface area (Å²) in [4.78, 5) is 2.46. The molecule has 1 heterocycles. The number of aliphatic hydroxyl groups is 1. The third-order valence-corrected chi connectivity index (χ3v) is 4.41. The van der Waals surface area contributed by atoms with Crippen LogP contribution in [0.5, 0.6) is 11.5 Å². The number of piperidine rings is 1. The molecule has 0 bridgehead atoms. The molecule has 0 saturated carbocycles. The van der Waals surface area contributed by atoms with Gasteiger partial charge in [0.25, 0.3) is 0 Å². The van der Waals surface area contributed by atoms with E-state index < -0.39 is 0 Å². The van der Waals surface area contributed by atoms with Gasteiger partial charge in [0.1, 0.15) is 0 Å². The Bertz CT molecular complexity index is 490. The highest BCUT2D eigenvalue weighted by Crippen LogP contribution is 2.31. The summed E-state index contributed by atoms with van der Waals surface area (Å²) >= 11 is 0. The van der Waals surface area contributed by atoms with Crippen LogP contribution < -0.4 is 9.47 Å². The van der Waals surface area contributed by atoms with Crippen LogP contribution in [0.3, 0.4) is 0 Å². The van der Waals surface area contributed by atoms with Crippen molar-refractivity contribution in [3.63, 3.8) is 0 Å². The van der Waals surface area contributed by atoms with Gasteiger partial charge in [-0.2, -0.15) is 0 Å². The number of nitrogens with zero attached hydrogens (tertiary/aromatic N) is 1. The van der Waals surface area contributed by atoms with E-state index in [0.717, 1.165) is 50.4 Å². The van der Waals surface area contributed by atoms with Crippen molar-refractivity contribution in [2.24, 2.45) is 5.92 Å².